The SMILES string of the molecule is O=S(=O)(O)O.S.[Cu]. The van der Waals surface area contributed by atoms with Crippen LogP contribution in [-0.4, -0.2) is 17.5 Å². The fourth-order valence-corrected chi connectivity index (χ4v) is 0. The van der Waals surface area contributed by atoms with Gasteiger partial charge in [0, 0.05) is 17.1 Å². The van der Waals surface area contributed by atoms with E-state index in [1.807, 2.05) is 0 Å². The van der Waals surface area contributed by atoms with Crippen LogP contribution in [0.2, 0.25) is 0 Å². The Labute approximate surface area is 58.8 Å². The number of rotatable bonds is 0. The molecule has 0 unspecified atom stereocenters. The Kier molecular flexibility index (Phi) is 10.9. The molecule has 7 heteroatoms. The molecule has 0 aromatic heterocycles. The van der Waals surface area contributed by atoms with Crippen LogP contribution in [0.25, 0.3) is 0 Å². The van der Waals surface area contributed by atoms with E-state index in [0.717, 1.165) is 0 Å². The summed E-state index contributed by atoms with van der Waals surface area (Å²) in [4.78, 5) is 0. The van der Waals surface area contributed by atoms with E-state index < -0.39 is 10.4 Å². The largest absolute Gasteiger partial charge is 0.394 e. The second kappa shape index (κ2) is 4.89. The van der Waals surface area contributed by atoms with E-state index >= 15 is 0 Å². The molecular weight excluding hydrogens is 192 g/mol. The Balaban J connectivity index is -0.0000000800. The minimum Gasteiger partial charge on any atom is -0.264 e. The molecule has 0 bridgehead atoms. The molecule has 0 fully saturated rings. The molecule has 4 nitrogen and oxygen atoms in total. The molecular formula is H4CuO4S2. The molecule has 0 heterocycles. The molecule has 2 N–H and O–H groups in total. The third kappa shape index (κ3) is 277. The summed E-state index contributed by atoms with van der Waals surface area (Å²) in [5, 5.41) is 0. The van der Waals surface area contributed by atoms with Gasteiger partial charge in [-0.2, -0.15) is 21.9 Å². The summed E-state index contributed by atoms with van der Waals surface area (Å²) in [5.74, 6) is 0. The molecule has 0 rings (SSSR count). The van der Waals surface area contributed by atoms with Gasteiger partial charge in [0.2, 0.25) is 0 Å². The zero-order valence-corrected chi connectivity index (χ0v) is 5.68. The Morgan fingerprint density at radius 3 is 1.14 bits per heavy atom. The van der Waals surface area contributed by atoms with Gasteiger partial charge in [0.25, 0.3) is 0 Å². The molecule has 1 radical (unpaired) electrons. The average molecular weight is 196 g/mol. The summed E-state index contributed by atoms with van der Waals surface area (Å²) < 4.78 is 31.6. The van der Waals surface area contributed by atoms with Crippen molar-refractivity contribution in [2.45, 2.75) is 0 Å². The first-order valence-corrected chi connectivity index (χ1v) is 2.10. The maximum Gasteiger partial charge on any atom is 0.394 e. The Morgan fingerprint density at radius 2 is 1.14 bits per heavy atom. The fourth-order valence-electron chi connectivity index (χ4n) is 0. The molecule has 0 aliphatic heterocycles. The van der Waals surface area contributed by atoms with E-state index in [9.17, 15) is 0 Å². The standard InChI is InChI=1S/Cu.H2O4S.H2S/c;1-5(2,3)4;/h;(H2,1,2,3,4);1H2. The minimum absolute atomic E-state index is 0. The van der Waals surface area contributed by atoms with Crippen LogP contribution in [0.3, 0.4) is 0 Å². The zero-order valence-electron chi connectivity index (χ0n) is 2.92. The van der Waals surface area contributed by atoms with E-state index in [1.165, 1.54) is 0 Å². The van der Waals surface area contributed by atoms with Crippen molar-refractivity contribution >= 4 is 23.9 Å². The molecule has 0 saturated heterocycles. The van der Waals surface area contributed by atoms with E-state index in [1.54, 1.807) is 0 Å². The first kappa shape index (κ1) is 15.6. The first-order valence-electron chi connectivity index (χ1n) is 0.698. The van der Waals surface area contributed by atoms with Crippen molar-refractivity contribution in [2.75, 3.05) is 0 Å². The number of hydrogen-bond acceptors (Lipinski definition) is 2. The van der Waals surface area contributed by atoms with Crippen molar-refractivity contribution in [3.63, 3.8) is 0 Å². The first-order chi connectivity index (χ1) is 2.00. The smallest absolute Gasteiger partial charge is 0.264 e. The molecule has 0 aromatic rings. The number of hydrogen-bond donors (Lipinski definition) is 2. The van der Waals surface area contributed by atoms with Crippen LogP contribution in [0, 0.1) is 0 Å². The summed E-state index contributed by atoms with van der Waals surface area (Å²) in [6.45, 7) is 0. The van der Waals surface area contributed by atoms with Gasteiger partial charge >= 0.3 is 10.4 Å². The Hall–Kier alpha value is 0.739. The second-order valence-corrected chi connectivity index (χ2v) is 1.34. The maximum atomic E-state index is 8.74. The molecule has 0 aromatic carbocycles. The van der Waals surface area contributed by atoms with E-state index in [0.29, 0.717) is 0 Å². The van der Waals surface area contributed by atoms with Gasteiger partial charge in [-0.1, -0.05) is 0 Å². The van der Waals surface area contributed by atoms with Gasteiger partial charge in [-0.15, -0.1) is 0 Å². The molecule has 0 aliphatic rings. The van der Waals surface area contributed by atoms with Gasteiger partial charge in [-0.05, 0) is 0 Å². The average Bonchev–Trinajstić information content (AvgIpc) is 0.722. The summed E-state index contributed by atoms with van der Waals surface area (Å²) >= 11 is 0. The van der Waals surface area contributed by atoms with Crippen molar-refractivity contribution in [3.05, 3.63) is 0 Å². The van der Waals surface area contributed by atoms with Gasteiger partial charge in [-0.25, -0.2) is 0 Å². The molecule has 0 atom stereocenters. The topological polar surface area (TPSA) is 74.6 Å². The molecule has 0 spiro atoms. The Bertz CT molecular complexity index is 92.9. The molecule has 7 heavy (non-hydrogen) atoms. The molecule has 51 valence electrons. The monoisotopic (exact) mass is 195 g/mol. The van der Waals surface area contributed by atoms with E-state index in [-0.39, 0.29) is 30.6 Å². The third-order valence-corrected chi connectivity index (χ3v) is 0. The van der Waals surface area contributed by atoms with Crippen LogP contribution in [0.1, 0.15) is 0 Å². The van der Waals surface area contributed by atoms with Crippen LogP contribution in [-0.2, 0) is 27.5 Å². The van der Waals surface area contributed by atoms with Crippen molar-refractivity contribution in [1.82, 2.24) is 0 Å². The van der Waals surface area contributed by atoms with Crippen molar-refractivity contribution < 1.29 is 34.6 Å². The normalized spacial score (nSPS) is 8.29. The van der Waals surface area contributed by atoms with Crippen LogP contribution in [0.4, 0.5) is 0 Å². The second-order valence-electron chi connectivity index (χ2n) is 0.448. The van der Waals surface area contributed by atoms with Gasteiger partial charge in [-0.3, -0.25) is 9.11 Å². The van der Waals surface area contributed by atoms with Crippen LogP contribution < -0.4 is 0 Å². The molecule has 0 saturated carbocycles. The predicted molar refractivity (Wildman–Crippen MR) is 24.6 cm³/mol. The van der Waals surface area contributed by atoms with Crippen molar-refractivity contribution in [1.29, 1.82) is 0 Å². The molecule has 0 aliphatic carbocycles. The Morgan fingerprint density at radius 1 is 1.14 bits per heavy atom. The van der Waals surface area contributed by atoms with Crippen LogP contribution in [0.5, 0.6) is 0 Å². The van der Waals surface area contributed by atoms with E-state index in [4.69, 9.17) is 17.5 Å². The van der Waals surface area contributed by atoms with Crippen molar-refractivity contribution in [2.24, 2.45) is 0 Å². The summed E-state index contributed by atoms with van der Waals surface area (Å²) in [5.41, 5.74) is 0. The van der Waals surface area contributed by atoms with Gasteiger partial charge in [0.1, 0.15) is 0 Å². The summed E-state index contributed by atoms with van der Waals surface area (Å²) in [7, 11) is -4.67. The van der Waals surface area contributed by atoms with Gasteiger partial charge < -0.3 is 0 Å². The van der Waals surface area contributed by atoms with Gasteiger partial charge in [0.15, 0.2) is 0 Å². The van der Waals surface area contributed by atoms with Gasteiger partial charge in [0.05, 0.1) is 0 Å². The minimum atomic E-state index is -4.67. The van der Waals surface area contributed by atoms with E-state index in [2.05, 4.69) is 0 Å². The summed E-state index contributed by atoms with van der Waals surface area (Å²) in [6, 6.07) is 0. The maximum absolute atomic E-state index is 8.74. The van der Waals surface area contributed by atoms with Crippen LogP contribution in [0.15, 0.2) is 0 Å². The summed E-state index contributed by atoms with van der Waals surface area (Å²) in [6.07, 6.45) is 0. The predicted octanol–water partition coefficient (Wildman–Crippen LogP) is -0.542. The fraction of sp³-hybridized carbons (Fsp3) is 0. The van der Waals surface area contributed by atoms with Crippen molar-refractivity contribution in [3.8, 4) is 0 Å². The zero-order chi connectivity index (χ0) is 4.50. The molecule has 0 amide bonds. The third-order valence-electron chi connectivity index (χ3n) is 0. The quantitative estimate of drug-likeness (QED) is 0.402. The van der Waals surface area contributed by atoms with Crippen LogP contribution >= 0.6 is 13.5 Å².